The number of rotatable bonds is 3. The normalized spacial score (nSPS) is 15.9. The summed E-state index contributed by atoms with van der Waals surface area (Å²) in [7, 11) is 2.17. The summed E-state index contributed by atoms with van der Waals surface area (Å²) in [5, 5.41) is 0.801. The van der Waals surface area contributed by atoms with Crippen LogP contribution in [0.25, 0.3) is 0 Å². The zero-order valence-corrected chi connectivity index (χ0v) is 13.8. The largest absolute Gasteiger partial charge is 0.371 e. The molecule has 0 N–H and O–H groups in total. The van der Waals surface area contributed by atoms with Crippen LogP contribution in [0.2, 0.25) is 5.02 Å². The Bertz CT molecular complexity index is 616. The van der Waals surface area contributed by atoms with Crippen LogP contribution in [-0.2, 0) is 0 Å². The van der Waals surface area contributed by atoms with E-state index in [-0.39, 0.29) is 0 Å². The molecule has 115 valence electrons. The molecule has 1 heterocycles. The molecule has 0 bridgehead atoms. The van der Waals surface area contributed by atoms with Gasteiger partial charge in [-0.15, -0.1) is 0 Å². The Balaban J connectivity index is 1.62. The molecule has 0 amide bonds. The van der Waals surface area contributed by atoms with Gasteiger partial charge in [-0.25, -0.2) is 0 Å². The number of benzene rings is 2. The van der Waals surface area contributed by atoms with Crippen LogP contribution in [0.3, 0.4) is 0 Å². The third-order valence-corrected chi connectivity index (χ3v) is 4.76. The number of hydrogen-bond donors (Lipinski definition) is 0. The van der Waals surface area contributed by atoms with Gasteiger partial charge in [0.05, 0.1) is 0 Å². The van der Waals surface area contributed by atoms with Crippen molar-refractivity contribution in [1.29, 1.82) is 0 Å². The zero-order chi connectivity index (χ0) is 15.5. The van der Waals surface area contributed by atoms with E-state index in [0.717, 1.165) is 36.5 Å². The lowest BCUT2D eigenvalue weighted by Crippen LogP contribution is -2.43. The van der Waals surface area contributed by atoms with E-state index in [1.54, 1.807) is 0 Å². The average Bonchev–Trinajstić information content (AvgIpc) is 2.55. The molecule has 1 aliphatic rings. The Labute approximate surface area is 138 Å². The lowest BCUT2D eigenvalue weighted by Gasteiger charge is -2.39. The van der Waals surface area contributed by atoms with E-state index in [4.69, 9.17) is 11.6 Å². The monoisotopic (exact) mass is 313 g/mol. The van der Waals surface area contributed by atoms with Gasteiger partial charge in [0.2, 0.25) is 0 Å². The molecule has 0 aliphatic carbocycles. The van der Waals surface area contributed by atoms with E-state index >= 15 is 0 Å². The van der Waals surface area contributed by atoms with Gasteiger partial charge in [0.25, 0.3) is 0 Å². The molecule has 2 nitrogen and oxygen atoms in total. The predicted octanol–water partition coefficient (Wildman–Crippen LogP) is 4.63. The number of hydrogen-bond acceptors (Lipinski definition) is 2. The first-order valence-electron chi connectivity index (χ1n) is 7.79. The molecule has 1 saturated heterocycles. The van der Waals surface area contributed by atoms with Gasteiger partial charge in [-0.2, -0.15) is 0 Å². The molecule has 0 saturated carbocycles. The minimum atomic E-state index is 0.571. The lowest BCUT2D eigenvalue weighted by atomic mass is 10.0. The second kappa shape index (κ2) is 6.62. The smallest absolute Gasteiger partial charge is 0.0426 e. The summed E-state index contributed by atoms with van der Waals surface area (Å²) in [6.07, 6.45) is 2.32. The van der Waals surface area contributed by atoms with Crippen LogP contribution in [0.15, 0.2) is 48.5 Å². The Hall–Kier alpha value is -1.67. The van der Waals surface area contributed by atoms with Gasteiger partial charge in [0, 0.05) is 42.6 Å². The number of piperidine rings is 1. The molecule has 0 atom stereocenters. The van der Waals surface area contributed by atoms with Crippen molar-refractivity contribution in [2.45, 2.75) is 18.9 Å². The topological polar surface area (TPSA) is 6.48 Å². The van der Waals surface area contributed by atoms with Gasteiger partial charge in [-0.3, -0.25) is 0 Å². The zero-order valence-electron chi connectivity index (χ0n) is 13.0. The first-order valence-corrected chi connectivity index (χ1v) is 8.16. The van der Waals surface area contributed by atoms with Crippen molar-refractivity contribution in [3.05, 3.63) is 66.0 Å². The highest BCUT2D eigenvalue weighted by Gasteiger charge is 2.22. The standard InChI is InChI=1S/C19H22ClN2/c1-15-6-8-18(9-7-15)22-12-10-17(11-13-22)21(2)19-5-3-4-16(20)14-19/h3-9,14,17H,1,10-13H2,2H3. The van der Waals surface area contributed by atoms with E-state index < -0.39 is 0 Å². The van der Waals surface area contributed by atoms with Gasteiger partial charge < -0.3 is 9.80 Å². The van der Waals surface area contributed by atoms with E-state index in [1.165, 1.54) is 11.4 Å². The molecule has 3 rings (SSSR count). The SMILES string of the molecule is [CH2]c1ccc(N2CCC(N(C)c3cccc(Cl)c3)CC2)cc1. The van der Waals surface area contributed by atoms with Gasteiger partial charge in [-0.1, -0.05) is 29.8 Å². The molecule has 1 radical (unpaired) electrons. The fourth-order valence-corrected chi connectivity index (χ4v) is 3.31. The summed E-state index contributed by atoms with van der Waals surface area (Å²) in [6, 6.07) is 17.2. The van der Waals surface area contributed by atoms with Crippen LogP contribution < -0.4 is 9.80 Å². The maximum Gasteiger partial charge on any atom is 0.0426 e. The third kappa shape index (κ3) is 3.38. The van der Waals surface area contributed by atoms with Gasteiger partial charge in [0.1, 0.15) is 0 Å². The number of anilines is 2. The predicted molar refractivity (Wildman–Crippen MR) is 96.0 cm³/mol. The van der Waals surface area contributed by atoms with Gasteiger partial charge in [0.15, 0.2) is 0 Å². The van der Waals surface area contributed by atoms with Crippen molar-refractivity contribution in [2.24, 2.45) is 0 Å². The maximum atomic E-state index is 6.10. The molecule has 3 heteroatoms. The van der Waals surface area contributed by atoms with Crippen LogP contribution in [0.1, 0.15) is 18.4 Å². The summed E-state index contributed by atoms with van der Waals surface area (Å²) < 4.78 is 0. The molecular formula is C19H22ClN2. The number of nitrogens with zero attached hydrogens (tertiary/aromatic N) is 2. The van der Waals surface area contributed by atoms with Crippen molar-refractivity contribution < 1.29 is 0 Å². The van der Waals surface area contributed by atoms with Crippen LogP contribution in [0, 0.1) is 6.92 Å². The van der Waals surface area contributed by atoms with Crippen molar-refractivity contribution in [1.82, 2.24) is 0 Å². The Morgan fingerprint density at radius 1 is 1.09 bits per heavy atom. The van der Waals surface area contributed by atoms with E-state index in [9.17, 15) is 0 Å². The Morgan fingerprint density at radius 3 is 2.41 bits per heavy atom. The Kier molecular flexibility index (Phi) is 4.58. The molecule has 0 unspecified atom stereocenters. The van der Waals surface area contributed by atoms with Gasteiger partial charge >= 0.3 is 0 Å². The second-order valence-electron chi connectivity index (χ2n) is 5.98. The average molecular weight is 314 g/mol. The fraction of sp³-hybridized carbons (Fsp3) is 0.316. The van der Waals surface area contributed by atoms with Crippen molar-refractivity contribution in [3.63, 3.8) is 0 Å². The van der Waals surface area contributed by atoms with E-state index in [0.29, 0.717) is 6.04 Å². The molecular weight excluding hydrogens is 292 g/mol. The number of halogens is 1. The summed E-state index contributed by atoms with van der Waals surface area (Å²) in [5.41, 5.74) is 3.57. The highest BCUT2D eigenvalue weighted by atomic mass is 35.5. The first-order chi connectivity index (χ1) is 10.6. The summed E-state index contributed by atoms with van der Waals surface area (Å²) in [6.45, 7) is 6.13. The second-order valence-corrected chi connectivity index (χ2v) is 6.41. The van der Waals surface area contributed by atoms with Crippen LogP contribution >= 0.6 is 11.6 Å². The van der Waals surface area contributed by atoms with Crippen LogP contribution in [0.4, 0.5) is 11.4 Å². The molecule has 0 aromatic heterocycles. The third-order valence-electron chi connectivity index (χ3n) is 4.53. The van der Waals surface area contributed by atoms with Crippen molar-refractivity contribution >= 4 is 23.0 Å². The Morgan fingerprint density at radius 2 is 1.77 bits per heavy atom. The molecule has 0 spiro atoms. The molecule has 22 heavy (non-hydrogen) atoms. The fourth-order valence-electron chi connectivity index (χ4n) is 3.12. The minimum absolute atomic E-state index is 0.571. The first kappa shape index (κ1) is 15.2. The quantitative estimate of drug-likeness (QED) is 0.815. The maximum absolute atomic E-state index is 6.10. The van der Waals surface area contributed by atoms with Crippen LogP contribution in [0.5, 0.6) is 0 Å². The van der Waals surface area contributed by atoms with E-state index in [1.807, 2.05) is 18.2 Å². The lowest BCUT2D eigenvalue weighted by molar-refractivity contribution is 0.482. The highest BCUT2D eigenvalue weighted by molar-refractivity contribution is 6.30. The molecule has 2 aromatic carbocycles. The minimum Gasteiger partial charge on any atom is -0.371 e. The van der Waals surface area contributed by atoms with E-state index in [2.05, 4.69) is 54.1 Å². The van der Waals surface area contributed by atoms with Gasteiger partial charge in [-0.05, 0) is 55.7 Å². The molecule has 1 fully saturated rings. The molecule has 2 aromatic rings. The van der Waals surface area contributed by atoms with Crippen LogP contribution in [-0.4, -0.2) is 26.2 Å². The summed E-state index contributed by atoms with van der Waals surface area (Å²) >= 11 is 6.10. The summed E-state index contributed by atoms with van der Waals surface area (Å²) in [4.78, 5) is 4.82. The molecule has 1 aliphatic heterocycles. The van der Waals surface area contributed by atoms with Crippen molar-refractivity contribution in [2.75, 3.05) is 29.9 Å². The highest BCUT2D eigenvalue weighted by Crippen LogP contribution is 2.26. The summed E-state index contributed by atoms with van der Waals surface area (Å²) in [5.74, 6) is 0. The van der Waals surface area contributed by atoms with Crippen molar-refractivity contribution in [3.8, 4) is 0 Å².